The molecular weight excluding hydrogens is 198 g/mol. The van der Waals surface area contributed by atoms with Crippen molar-refractivity contribution in [2.45, 2.75) is 38.9 Å². The van der Waals surface area contributed by atoms with Gasteiger partial charge >= 0.3 is 0 Å². The summed E-state index contributed by atoms with van der Waals surface area (Å²) in [5.41, 5.74) is 0. The van der Waals surface area contributed by atoms with Crippen molar-refractivity contribution in [3.05, 3.63) is 22.4 Å². The van der Waals surface area contributed by atoms with E-state index in [9.17, 15) is 10.1 Å². The van der Waals surface area contributed by atoms with Gasteiger partial charge in [0.25, 0.3) is 0 Å². The van der Waals surface area contributed by atoms with Gasteiger partial charge in [-0.2, -0.15) is 0 Å². The van der Waals surface area contributed by atoms with Crippen LogP contribution < -0.4 is 0 Å². The van der Waals surface area contributed by atoms with Gasteiger partial charge in [0.2, 0.25) is 6.20 Å². The Kier molecular flexibility index (Phi) is 4.47. The van der Waals surface area contributed by atoms with Crippen LogP contribution in [0, 0.1) is 10.1 Å². The molecule has 0 saturated heterocycles. The molecule has 0 saturated carbocycles. The standard InChI is InChI=1S/C9H19NO3Si/c1-9(2,3)14(4,5)13-8-6-7-10(11)12/h6-7H,8H2,1-5H3/b7-6+. The molecule has 0 aliphatic heterocycles. The summed E-state index contributed by atoms with van der Waals surface area (Å²) in [6.07, 6.45) is 2.37. The molecular formula is C9H19NO3Si. The van der Waals surface area contributed by atoms with Crippen LogP contribution in [0.1, 0.15) is 20.8 Å². The van der Waals surface area contributed by atoms with Crippen LogP contribution in [0.25, 0.3) is 0 Å². The number of rotatable bonds is 4. The largest absolute Gasteiger partial charge is 0.413 e. The molecule has 0 N–H and O–H groups in total. The van der Waals surface area contributed by atoms with Gasteiger partial charge in [0.05, 0.1) is 11.5 Å². The fraction of sp³-hybridized carbons (Fsp3) is 0.778. The van der Waals surface area contributed by atoms with Crippen LogP contribution >= 0.6 is 0 Å². The second kappa shape index (κ2) is 4.70. The van der Waals surface area contributed by atoms with E-state index >= 15 is 0 Å². The predicted octanol–water partition coefficient (Wildman–Crippen LogP) is 2.80. The predicted molar refractivity (Wildman–Crippen MR) is 59.3 cm³/mol. The lowest BCUT2D eigenvalue weighted by Crippen LogP contribution is -2.40. The number of nitrogens with zero attached hydrogens (tertiary/aromatic N) is 1. The van der Waals surface area contributed by atoms with E-state index in [0.29, 0.717) is 6.61 Å². The first-order valence-corrected chi connectivity index (χ1v) is 7.52. The third-order valence-corrected chi connectivity index (χ3v) is 7.07. The molecule has 0 aliphatic carbocycles. The fourth-order valence-corrected chi connectivity index (χ4v) is 1.55. The monoisotopic (exact) mass is 217 g/mol. The molecule has 0 aromatic rings. The SMILES string of the molecule is CC(C)(C)[Si](C)(C)OC/C=C/[N+](=O)[O-]. The van der Waals surface area contributed by atoms with Gasteiger partial charge in [-0.3, -0.25) is 10.1 Å². The third kappa shape index (κ3) is 4.52. The Morgan fingerprint density at radius 2 is 1.93 bits per heavy atom. The minimum absolute atomic E-state index is 0.148. The second-order valence-electron chi connectivity index (χ2n) is 4.74. The van der Waals surface area contributed by atoms with Crippen molar-refractivity contribution in [1.29, 1.82) is 0 Å². The molecule has 0 bridgehead atoms. The van der Waals surface area contributed by atoms with E-state index < -0.39 is 13.2 Å². The minimum atomic E-state index is -1.75. The van der Waals surface area contributed by atoms with E-state index in [1.807, 2.05) is 0 Å². The van der Waals surface area contributed by atoms with Crippen LogP contribution in [0.2, 0.25) is 18.1 Å². The smallest absolute Gasteiger partial charge is 0.232 e. The van der Waals surface area contributed by atoms with Crippen molar-refractivity contribution in [2.75, 3.05) is 6.61 Å². The van der Waals surface area contributed by atoms with Crippen molar-refractivity contribution in [2.24, 2.45) is 0 Å². The summed E-state index contributed by atoms with van der Waals surface area (Å²) in [5.74, 6) is 0. The quantitative estimate of drug-likeness (QED) is 0.413. The zero-order valence-electron chi connectivity index (χ0n) is 9.53. The van der Waals surface area contributed by atoms with Crippen LogP contribution in [-0.4, -0.2) is 19.8 Å². The summed E-state index contributed by atoms with van der Waals surface area (Å²) < 4.78 is 5.69. The lowest BCUT2D eigenvalue weighted by Gasteiger charge is -2.35. The van der Waals surface area contributed by atoms with E-state index in [1.54, 1.807) is 0 Å². The minimum Gasteiger partial charge on any atom is -0.413 e. The Hall–Kier alpha value is -0.683. The van der Waals surface area contributed by atoms with Crippen molar-refractivity contribution >= 4 is 8.32 Å². The van der Waals surface area contributed by atoms with Crippen LogP contribution in [-0.2, 0) is 4.43 Å². The molecule has 0 amide bonds. The molecule has 0 aliphatic rings. The van der Waals surface area contributed by atoms with Gasteiger partial charge in [-0.1, -0.05) is 20.8 Å². The molecule has 0 heterocycles. The second-order valence-corrected chi connectivity index (χ2v) is 9.55. The van der Waals surface area contributed by atoms with Gasteiger partial charge in [0, 0.05) is 6.08 Å². The maximum atomic E-state index is 10.00. The van der Waals surface area contributed by atoms with Crippen molar-refractivity contribution in [3.63, 3.8) is 0 Å². The Balaban J connectivity index is 4.07. The van der Waals surface area contributed by atoms with Gasteiger partial charge in [-0.05, 0) is 18.1 Å². The van der Waals surface area contributed by atoms with E-state index in [2.05, 4.69) is 33.9 Å². The maximum Gasteiger partial charge on any atom is 0.232 e. The molecule has 4 nitrogen and oxygen atoms in total. The lowest BCUT2D eigenvalue weighted by molar-refractivity contribution is -0.402. The van der Waals surface area contributed by atoms with Crippen LogP contribution in [0.3, 0.4) is 0 Å². The summed E-state index contributed by atoms with van der Waals surface area (Å²) >= 11 is 0. The first-order valence-electron chi connectivity index (χ1n) is 4.61. The molecule has 5 heteroatoms. The number of hydrogen-bond donors (Lipinski definition) is 0. The molecule has 14 heavy (non-hydrogen) atoms. The first-order chi connectivity index (χ1) is 6.17. The van der Waals surface area contributed by atoms with Gasteiger partial charge in [-0.25, -0.2) is 0 Å². The summed E-state index contributed by atoms with van der Waals surface area (Å²) in [7, 11) is -1.75. The summed E-state index contributed by atoms with van der Waals surface area (Å²) in [6.45, 7) is 11.0. The maximum absolute atomic E-state index is 10.00. The summed E-state index contributed by atoms with van der Waals surface area (Å²) in [4.78, 5) is 9.52. The number of hydrogen-bond acceptors (Lipinski definition) is 3. The molecule has 0 fully saturated rings. The molecule has 0 unspecified atom stereocenters. The Morgan fingerprint density at radius 3 is 2.29 bits per heavy atom. The fourth-order valence-electron chi connectivity index (χ4n) is 0.602. The van der Waals surface area contributed by atoms with Crippen LogP contribution in [0.5, 0.6) is 0 Å². The molecule has 0 spiro atoms. The Bertz CT molecular complexity index is 231. The third-order valence-electron chi connectivity index (χ3n) is 2.57. The van der Waals surface area contributed by atoms with E-state index in [-0.39, 0.29) is 5.04 Å². The molecule has 0 aromatic heterocycles. The van der Waals surface area contributed by atoms with Gasteiger partial charge < -0.3 is 4.43 Å². The van der Waals surface area contributed by atoms with Crippen LogP contribution in [0.15, 0.2) is 12.3 Å². The van der Waals surface area contributed by atoms with E-state index in [0.717, 1.165) is 6.20 Å². The van der Waals surface area contributed by atoms with Crippen LogP contribution in [0.4, 0.5) is 0 Å². The van der Waals surface area contributed by atoms with Gasteiger partial charge in [0.1, 0.15) is 0 Å². The average Bonchev–Trinajstić information content (AvgIpc) is 1.95. The van der Waals surface area contributed by atoms with E-state index in [4.69, 9.17) is 4.43 Å². The van der Waals surface area contributed by atoms with E-state index in [1.165, 1.54) is 6.08 Å². The highest BCUT2D eigenvalue weighted by Gasteiger charge is 2.36. The Morgan fingerprint density at radius 1 is 1.43 bits per heavy atom. The summed E-state index contributed by atoms with van der Waals surface area (Å²) in [5, 5.41) is 10.1. The molecule has 0 atom stereocenters. The zero-order chi connectivity index (χ0) is 11.4. The highest BCUT2D eigenvalue weighted by Crippen LogP contribution is 2.36. The molecule has 0 aromatic carbocycles. The van der Waals surface area contributed by atoms with Gasteiger partial charge in [-0.15, -0.1) is 0 Å². The topological polar surface area (TPSA) is 52.4 Å². The number of nitro groups is 1. The Labute approximate surface area is 86.2 Å². The lowest BCUT2D eigenvalue weighted by atomic mass is 10.2. The zero-order valence-corrected chi connectivity index (χ0v) is 10.5. The van der Waals surface area contributed by atoms with Crippen molar-refractivity contribution in [1.82, 2.24) is 0 Å². The summed E-state index contributed by atoms with van der Waals surface area (Å²) in [6, 6.07) is 0. The highest BCUT2D eigenvalue weighted by atomic mass is 28.4. The van der Waals surface area contributed by atoms with Crippen molar-refractivity contribution in [3.8, 4) is 0 Å². The average molecular weight is 217 g/mol. The molecule has 0 radical (unpaired) electrons. The van der Waals surface area contributed by atoms with Gasteiger partial charge in [0.15, 0.2) is 8.32 Å². The normalized spacial score (nSPS) is 13.5. The molecule has 82 valence electrons. The molecule has 0 rings (SSSR count). The van der Waals surface area contributed by atoms with Crippen molar-refractivity contribution < 1.29 is 9.35 Å². The highest BCUT2D eigenvalue weighted by molar-refractivity contribution is 6.74. The first kappa shape index (κ1) is 13.3.